The summed E-state index contributed by atoms with van der Waals surface area (Å²) >= 11 is 0. The number of methoxy groups -OCH3 is 1. The third-order valence-electron chi connectivity index (χ3n) is 3.85. The molecule has 0 amide bonds. The number of ether oxygens (including phenoxy) is 1. The molecule has 2 aromatic carbocycles. The Kier molecular flexibility index (Phi) is 3.51. The fourth-order valence-electron chi connectivity index (χ4n) is 2.75. The third-order valence-corrected chi connectivity index (χ3v) is 3.85. The largest absolute Gasteiger partial charge is 0.497 e. The van der Waals surface area contributed by atoms with Crippen LogP contribution in [0.1, 0.15) is 22.7 Å². The molecule has 3 rings (SSSR count). The highest BCUT2D eigenvalue weighted by Crippen LogP contribution is 2.25. The summed E-state index contributed by atoms with van der Waals surface area (Å²) in [6, 6.07) is 17.5. The van der Waals surface area contributed by atoms with Gasteiger partial charge >= 0.3 is 0 Å². The smallest absolute Gasteiger partial charge is 0.118 e. The average Bonchev–Trinajstić information content (AvgIpc) is 2.69. The highest BCUT2D eigenvalue weighted by molar-refractivity contribution is 5.34. The summed E-state index contributed by atoms with van der Waals surface area (Å²) in [4.78, 5) is 0. The summed E-state index contributed by atoms with van der Waals surface area (Å²) in [6.07, 6.45) is 2.17. The van der Waals surface area contributed by atoms with Crippen molar-refractivity contribution in [2.24, 2.45) is 0 Å². The molecule has 0 spiro atoms. The molecule has 0 unspecified atom stereocenters. The van der Waals surface area contributed by atoms with Gasteiger partial charge in [-0.2, -0.15) is 0 Å². The zero-order chi connectivity index (χ0) is 13.1. The molecule has 0 saturated carbocycles. The molecular weight excluding hydrogens is 234 g/mol. The van der Waals surface area contributed by atoms with E-state index in [4.69, 9.17) is 4.74 Å². The van der Waals surface area contributed by atoms with Crippen molar-refractivity contribution in [2.75, 3.05) is 13.7 Å². The Morgan fingerprint density at radius 3 is 2.47 bits per heavy atom. The minimum Gasteiger partial charge on any atom is -0.497 e. The molecule has 98 valence electrons. The maximum atomic E-state index is 5.22. The van der Waals surface area contributed by atoms with Gasteiger partial charge in [0.1, 0.15) is 5.75 Å². The highest BCUT2D eigenvalue weighted by Gasteiger charge is 2.17. The number of nitrogens with one attached hydrogen (secondary N) is 1. The predicted octanol–water partition coefficient (Wildman–Crippen LogP) is 3.12. The van der Waals surface area contributed by atoms with E-state index >= 15 is 0 Å². The van der Waals surface area contributed by atoms with Crippen molar-refractivity contribution >= 4 is 0 Å². The molecule has 1 N–H and O–H groups in total. The van der Waals surface area contributed by atoms with Gasteiger partial charge in [-0.15, -0.1) is 0 Å². The van der Waals surface area contributed by atoms with Crippen LogP contribution in [0.4, 0.5) is 0 Å². The van der Waals surface area contributed by atoms with E-state index in [1.165, 1.54) is 16.7 Å². The average molecular weight is 253 g/mol. The van der Waals surface area contributed by atoms with Crippen LogP contribution in [-0.4, -0.2) is 13.7 Å². The van der Waals surface area contributed by atoms with Crippen molar-refractivity contribution < 1.29 is 4.74 Å². The van der Waals surface area contributed by atoms with Gasteiger partial charge in [0.2, 0.25) is 0 Å². The first kappa shape index (κ1) is 12.2. The van der Waals surface area contributed by atoms with Crippen LogP contribution in [0, 0.1) is 0 Å². The van der Waals surface area contributed by atoms with Gasteiger partial charge in [-0.25, -0.2) is 0 Å². The van der Waals surface area contributed by atoms with Gasteiger partial charge in [0, 0.05) is 6.04 Å². The summed E-state index contributed by atoms with van der Waals surface area (Å²) in [5, 5.41) is 3.64. The molecule has 2 heteroatoms. The number of rotatable bonds is 2. The van der Waals surface area contributed by atoms with Crippen LogP contribution in [0.25, 0.3) is 0 Å². The maximum absolute atomic E-state index is 5.22. The van der Waals surface area contributed by atoms with Gasteiger partial charge in [-0.1, -0.05) is 36.4 Å². The molecule has 0 fully saturated rings. The molecule has 0 aliphatic carbocycles. The van der Waals surface area contributed by atoms with E-state index < -0.39 is 0 Å². The first-order valence-corrected chi connectivity index (χ1v) is 6.81. The molecular formula is C17H19NO. The number of hydrogen-bond donors (Lipinski definition) is 1. The van der Waals surface area contributed by atoms with Gasteiger partial charge in [-0.05, 0) is 48.2 Å². The van der Waals surface area contributed by atoms with E-state index in [0.29, 0.717) is 6.04 Å². The quantitative estimate of drug-likeness (QED) is 0.888. The van der Waals surface area contributed by atoms with Crippen molar-refractivity contribution in [3.63, 3.8) is 0 Å². The SMILES string of the molecule is COc1ccc([C@H]2Cc3ccccc3CCN2)cc1. The lowest BCUT2D eigenvalue weighted by Gasteiger charge is -2.17. The molecule has 2 nitrogen and oxygen atoms in total. The van der Waals surface area contributed by atoms with Crippen LogP contribution in [0.2, 0.25) is 0 Å². The molecule has 2 aromatic rings. The van der Waals surface area contributed by atoms with E-state index in [9.17, 15) is 0 Å². The number of benzene rings is 2. The topological polar surface area (TPSA) is 21.3 Å². The molecule has 0 bridgehead atoms. The number of hydrogen-bond acceptors (Lipinski definition) is 2. The van der Waals surface area contributed by atoms with E-state index in [0.717, 1.165) is 25.1 Å². The molecule has 0 aromatic heterocycles. The zero-order valence-electron chi connectivity index (χ0n) is 11.2. The van der Waals surface area contributed by atoms with Crippen LogP contribution in [0.5, 0.6) is 5.75 Å². The third kappa shape index (κ3) is 2.64. The minimum absolute atomic E-state index is 0.398. The first-order chi connectivity index (χ1) is 9.36. The molecule has 0 saturated heterocycles. The highest BCUT2D eigenvalue weighted by atomic mass is 16.5. The second-order valence-electron chi connectivity index (χ2n) is 5.00. The van der Waals surface area contributed by atoms with Crippen molar-refractivity contribution in [1.82, 2.24) is 5.32 Å². The predicted molar refractivity (Wildman–Crippen MR) is 77.6 cm³/mol. The van der Waals surface area contributed by atoms with E-state index in [1.807, 2.05) is 12.1 Å². The summed E-state index contributed by atoms with van der Waals surface area (Å²) in [6.45, 7) is 1.04. The lowest BCUT2D eigenvalue weighted by atomic mass is 9.97. The molecule has 1 heterocycles. The van der Waals surface area contributed by atoms with Crippen LogP contribution in [-0.2, 0) is 12.8 Å². The fourth-order valence-corrected chi connectivity index (χ4v) is 2.75. The van der Waals surface area contributed by atoms with E-state index in [1.54, 1.807) is 7.11 Å². The Morgan fingerprint density at radius 1 is 1.00 bits per heavy atom. The second-order valence-corrected chi connectivity index (χ2v) is 5.00. The van der Waals surface area contributed by atoms with Crippen molar-refractivity contribution in [1.29, 1.82) is 0 Å². The molecule has 19 heavy (non-hydrogen) atoms. The molecule has 0 radical (unpaired) electrons. The normalized spacial score (nSPS) is 18.5. The monoisotopic (exact) mass is 253 g/mol. The fraction of sp³-hybridized carbons (Fsp3) is 0.294. The van der Waals surface area contributed by atoms with Gasteiger partial charge in [0.15, 0.2) is 0 Å². The number of fused-ring (bicyclic) bond motifs is 1. The van der Waals surface area contributed by atoms with E-state index in [2.05, 4.69) is 41.7 Å². The van der Waals surface area contributed by atoms with Crippen molar-refractivity contribution in [3.05, 3.63) is 65.2 Å². The minimum atomic E-state index is 0.398. The lowest BCUT2D eigenvalue weighted by molar-refractivity contribution is 0.414. The Balaban J connectivity index is 1.85. The van der Waals surface area contributed by atoms with Gasteiger partial charge < -0.3 is 10.1 Å². The Labute approximate surface area is 114 Å². The summed E-state index contributed by atoms with van der Waals surface area (Å²) in [5.74, 6) is 0.915. The van der Waals surface area contributed by atoms with Gasteiger partial charge in [0.05, 0.1) is 7.11 Å². The van der Waals surface area contributed by atoms with Crippen LogP contribution < -0.4 is 10.1 Å². The summed E-state index contributed by atoms with van der Waals surface area (Å²) in [7, 11) is 1.70. The van der Waals surface area contributed by atoms with Crippen LogP contribution in [0.3, 0.4) is 0 Å². The zero-order valence-corrected chi connectivity index (χ0v) is 11.2. The maximum Gasteiger partial charge on any atom is 0.118 e. The Bertz CT molecular complexity index is 547. The van der Waals surface area contributed by atoms with Gasteiger partial charge in [0.25, 0.3) is 0 Å². The molecule has 1 aliphatic rings. The second kappa shape index (κ2) is 5.45. The first-order valence-electron chi connectivity index (χ1n) is 6.81. The van der Waals surface area contributed by atoms with Crippen LogP contribution >= 0.6 is 0 Å². The van der Waals surface area contributed by atoms with Crippen molar-refractivity contribution in [2.45, 2.75) is 18.9 Å². The van der Waals surface area contributed by atoms with Gasteiger partial charge in [-0.3, -0.25) is 0 Å². The molecule has 1 aliphatic heterocycles. The lowest BCUT2D eigenvalue weighted by Crippen LogP contribution is -2.22. The molecule has 1 atom stereocenters. The van der Waals surface area contributed by atoms with Crippen molar-refractivity contribution in [3.8, 4) is 5.75 Å². The van der Waals surface area contributed by atoms with Crippen LogP contribution in [0.15, 0.2) is 48.5 Å². The van der Waals surface area contributed by atoms with E-state index in [-0.39, 0.29) is 0 Å². The summed E-state index contributed by atoms with van der Waals surface area (Å²) in [5.41, 5.74) is 4.27. The standard InChI is InChI=1S/C17H19NO/c1-19-16-8-6-14(7-9-16)17-12-15-5-3-2-4-13(15)10-11-18-17/h2-9,17-18H,10-12H2,1H3/t17-/m1/s1. The summed E-state index contributed by atoms with van der Waals surface area (Å²) < 4.78 is 5.22. The Morgan fingerprint density at radius 2 is 1.74 bits per heavy atom. The Hall–Kier alpha value is -1.80.